The molecule has 0 atom stereocenters. The Morgan fingerprint density at radius 1 is 0.556 bits per heavy atom. The highest BCUT2D eigenvalue weighted by Crippen LogP contribution is 2.47. The van der Waals surface area contributed by atoms with Gasteiger partial charge in [-0.25, -0.2) is 9.59 Å². The van der Waals surface area contributed by atoms with E-state index in [1.807, 2.05) is 48.5 Å². The highest BCUT2D eigenvalue weighted by atomic mass is 16.5. The molecule has 0 bridgehead atoms. The first-order chi connectivity index (χ1) is 17.6. The van der Waals surface area contributed by atoms with Gasteiger partial charge in [-0.05, 0) is 47.9 Å². The van der Waals surface area contributed by atoms with Gasteiger partial charge in [-0.3, -0.25) is 0 Å². The zero-order chi connectivity index (χ0) is 24.6. The smallest absolute Gasteiger partial charge is 0.338 e. The summed E-state index contributed by atoms with van der Waals surface area (Å²) in [5.41, 5.74) is 3.52. The lowest BCUT2D eigenvalue weighted by Gasteiger charge is -2.18. The molecule has 6 nitrogen and oxygen atoms in total. The second kappa shape index (κ2) is 7.33. The summed E-state index contributed by atoms with van der Waals surface area (Å²) < 4.78 is 22.8. The summed E-state index contributed by atoms with van der Waals surface area (Å²) in [4.78, 5) is 25.3. The zero-order valence-corrected chi connectivity index (χ0v) is 19.4. The van der Waals surface area contributed by atoms with E-state index in [2.05, 4.69) is 0 Å². The number of ether oxygens (including phenoxy) is 2. The molecular formula is C30H18O6. The standard InChI is InChI=1S/C30H18O6/c1-33-29(31)15-10-12-21-19(14-15)27-25-17(7-5-9-22(25)36-21)24-18(30(32)34-2)11-13-23-28(24)26(27)16-6-3-4-8-20(16)35-23/h3-14H,1-2H3. The van der Waals surface area contributed by atoms with Crippen LogP contribution in [0.4, 0.5) is 0 Å². The number of benzene rings is 5. The first-order valence-electron chi connectivity index (χ1n) is 11.4. The average Bonchev–Trinajstić information content (AvgIpc) is 2.93. The lowest BCUT2D eigenvalue weighted by atomic mass is 9.88. The van der Waals surface area contributed by atoms with Crippen LogP contribution in [0.5, 0.6) is 0 Å². The van der Waals surface area contributed by atoms with Crippen LogP contribution in [0.15, 0.2) is 81.6 Å². The maximum atomic E-state index is 12.9. The van der Waals surface area contributed by atoms with Gasteiger partial charge in [0.05, 0.1) is 25.3 Å². The second-order valence-electron chi connectivity index (χ2n) is 8.68. The fourth-order valence-electron chi connectivity index (χ4n) is 5.41. The van der Waals surface area contributed by atoms with Crippen LogP contribution < -0.4 is 0 Å². The maximum absolute atomic E-state index is 12.9. The van der Waals surface area contributed by atoms with Crippen LogP contribution in [0.1, 0.15) is 20.7 Å². The van der Waals surface area contributed by atoms with Crippen molar-refractivity contribution in [1.29, 1.82) is 0 Å². The minimum atomic E-state index is -0.433. The summed E-state index contributed by atoms with van der Waals surface area (Å²) in [7, 11) is 2.74. The van der Waals surface area contributed by atoms with Crippen LogP contribution >= 0.6 is 0 Å². The van der Waals surface area contributed by atoms with E-state index in [1.165, 1.54) is 14.2 Å². The molecule has 2 aromatic heterocycles. The number of esters is 2. The Labute approximate surface area is 203 Å². The molecule has 0 N–H and O–H groups in total. The van der Waals surface area contributed by atoms with E-state index < -0.39 is 11.9 Å². The Morgan fingerprint density at radius 3 is 2.00 bits per heavy atom. The fourth-order valence-corrected chi connectivity index (χ4v) is 5.41. The van der Waals surface area contributed by atoms with Gasteiger partial charge in [-0.1, -0.05) is 30.3 Å². The van der Waals surface area contributed by atoms with Crippen LogP contribution in [0.25, 0.3) is 65.4 Å². The third kappa shape index (κ3) is 2.61. The fraction of sp³-hybridized carbons (Fsp3) is 0.0667. The Kier molecular flexibility index (Phi) is 4.18. The normalized spacial score (nSPS) is 11.8. The summed E-state index contributed by atoms with van der Waals surface area (Å²) in [6.07, 6.45) is 0. The number of fused-ring (bicyclic) bond motifs is 6. The van der Waals surface area contributed by atoms with Gasteiger partial charge in [0.1, 0.15) is 22.3 Å². The molecule has 0 unspecified atom stereocenters. The van der Waals surface area contributed by atoms with E-state index in [0.29, 0.717) is 33.5 Å². The number of rotatable bonds is 2. The van der Waals surface area contributed by atoms with Crippen LogP contribution in [-0.4, -0.2) is 26.2 Å². The molecule has 7 aromatic rings. The summed E-state index contributed by atoms with van der Waals surface area (Å²) in [5, 5.41) is 6.73. The van der Waals surface area contributed by atoms with Crippen molar-refractivity contribution in [2.45, 2.75) is 0 Å². The molecule has 0 aliphatic heterocycles. The van der Waals surface area contributed by atoms with Crippen LogP contribution in [0.2, 0.25) is 0 Å². The predicted molar refractivity (Wildman–Crippen MR) is 139 cm³/mol. The quantitative estimate of drug-likeness (QED) is 0.148. The Balaban J connectivity index is 1.89. The lowest BCUT2D eigenvalue weighted by molar-refractivity contribution is 0.0593. The van der Waals surface area contributed by atoms with E-state index in [4.69, 9.17) is 18.3 Å². The van der Waals surface area contributed by atoms with Crippen LogP contribution in [-0.2, 0) is 9.47 Å². The zero-order valence-electron chi connectivity index (χ0n) is 19.4. The average molecular weight is 474 g/mol. The van der Waals surface area contributed by atoms with Gasteiger partial charge in [-0.2, -0.15) is 0 Å². The predicted octanol–water partition coefficient (Wildman–Crippen LogP) is 7.37. The van der Waals surface area contributed by atoms with Crippen molar-refractivity contribution < 1.29 is 27.9 Å². The third-order valence-electron chi connectivity index (χ3n) is 6.88. The maximum Gasteiger partial charge on any atom is 0.338 e. The number of carbonyl (C=O) groups excluding carboxylic acids is 2. The Hall–Kier alpha value is -4.84. The van der Waals surface area contributed by atoms with E-state index >= 15 is 0 Å². The molecule has 0 radical (unpaired) electrons. The van der Waals surface area contributed by atoms with Gasteiger partial charge in [0, 0.05) is 37.7 Å². The molecule has 2 heterocycles. The number of hydrogen-bond acceptors (Lipinski definition) is 6. The Bertz CT molecular complexity index is 2060. The molecule has 0 aliphatic carbocycles. The van der Waals surface area contributed by atoms with Crippen molar-refractivity contribution >= 4 is 77.4 Å². The van der Waals surface area contributed by atoms with Gasteiger partial charge >= 0.3 is 11.9 Å². The first-order valence-corrected chi connectivity index (χ1v) is 11.4. The topological polar surface area (TPSA) is 78.9 Å². The second-order valence-corrected chi connectivity index (χ2v) is 8.68. The Morgan fingerprint density at radius 2 is 1.19 bits per heavy atom. The first kappa shape index (κ1) is 20.5. The molecule has 174 valence electrons. The molecule has 36 heavy (non-hydrogen) atoms. The molecule has 0 aliphatic rings. The molecule has 0 amide bonds. The highest BCUT2D eigenvalue weighted by molar-refractivity contribution is 6.41. The minimum absolute atomic E-state index is 0.420. The number of para-hydroxylation sites is 1. The minimum Gasteiger partial charge on any atom is -0.465 e. The molecule has 0 saturated carbocycles. The van der Waals surface area contributed by atoms with Gasteiger partial charge in [0.25, 0.3) is 0 Å². The van der Waals surface area contributed by atoms with Crippen molar-refractivity contribution in [2.75, 3.05) is 14.2 Å². The number of carbonyl (C=O) groups is 2. The molecular weight excluding hydrogens is 456 g/mol. The molecule has 0 fully saturated rings. The SMILES string of the molecule is COC(=O)c1ccc2oc3cccc4c5c(C(=O)OC)ccc6oc7ccccc7c(c65)c(c2c1)c34. The van der Waals surface area contributed by atoms with E-state index in [1.54, 1.807) is 24.3 Å². The van der Waals surface area contributed by atoms with Gasteiger partial charge in [-0.15, -0.1) is 0 Å². The van der Waals surface area contributed by atoms with Crippen LogP contribution in [0.3, 0.4) is 0 Å². The van der Waals surface area contributed by atoms with Crippen molar-refractivity contribution in [1.82, 2.24) is 0 Å². The van der Waals surface area contributed by atoms with Crippen molar-refractivity contribution in [3.05, 3.63) is 83.9 Å². The van der Waals surface area contributed by atoms with Gasteiger partial charge in [0.2, 0.25) is 0 Å². The summed E-state index contributed by atoms with van der Waals surface area (Å²) >= 11 is 0. The molecule has 0 spiro atoms. The summed E-state index contributed by atoms with van der Waals surface area (Å²) in [5.74, 6) is -0.864. The van der Waals surface area contributed by atoms with Crippen LogP contribution in [0, 0.1) is 0 Å². The number of hydrogen-bond donors (Lipinski definition) is 0. The van der Waals surface area contributed by atoms with E-state index in [-0.39, 0.29) is 0 Å². The third-order valence-corrected chi connectivity index (χ3v) is 6.88. The van der Waals surface area contributed by atoms with Crippen molar-refractivity contribution in [3.8, 4) is 0 Å². The van der Waals surface area contributed by atoms with Gasteiger partial charge < -0.3 is 18.3 Å². The summed E-state index contributed by atoms with van der Waals surface area (Å²) in [6, 6.07) is 22.4. The molecule has 5 aromatic carbocycles. The molecule has 0 saturated heterocycles. The summed E-state index contributed by atoms with van der Waals surface area (Å²) in [6.45, 7) is 0. The molecule has 7 rings (SSSR count). The van der Waals surface area contributed by atoms with E-state index in [9.17, 15) is 9.59 Å². The highest BCUT2D eigenvalue weighted by Gasteiger charge is 2.24. The van der Waals surface area contributed by atoms with Gasteiger partial charge in [0.15, 0.2) is 0 Å². The molecule has 6 heteroatoms. The van der Waals surface area contributed by atoms with E-state index in [0.717, 1.165) is 43.1 Å². The largest absolute Gasteiger partial charge is 0.465 e. The number of methoxy groups -OCH3 is 2. The van der Waals surface area contributed by atoms with Crippen molar-refractivity contribution in [2.24, 2.45) is 0 Å². The lowest BCUT2D eigenvalue weighted by Crippen LogP contribution is -2.03. The monoisotopic (exact) mass is 474 g/mol. The van der Waals surface area contributed by atoms with Crippen molar-refractivity contribution in [3.63, 3.8) is 0 Å².